The molecule has 2 N–H and O–H groups in total. The third kappa shape index (κ3) is 2.69. The van der Waals surface area contributed by atoms with Crippen molar-refractivity contribution in [3.8, 4) is 0 Å². The average molecular weight is 257 g/mol. The van der Waals surface area contributed by atoms with Gasteiger partial charge in [0.05, 0.1) is 0 Å². The lowest BCUT2D eigenvalue weighted by molar-refractivity contribution is 0.306. The SMILES string of the molecule is NCCC1CCC(c2ccc(F)c(F)c2F)CC1. The van der Waals surface area contributed by atoms with Crippen molar-refractivity contribution in [2.75, 3.05) is 6.54 Å². The monoisotopic (exact) mass is 257 g/mol. The molecule has 100 valence electrons. The summed E-state index contributed by atoms with van der Waals surface area (Å²) in [6.07, 6.45) is 4.62. The summed E-state index contributed by atoms with van der Waals surface area (Å²) in [5.41, 5.74) is 5.83. The van der Waals surface area contributed by atoms with E-state index in [4.69, 9.17) is 5.73 Å². The van der Waals surface area contributed by atoms with Gasteiger partial charge in [-0.25, -0.2) is 13.2 Å². The van der Waals surface area contributed by atoms with Gasteiger partial charge in [-0.05, 0) is 62.1 Å². The van der Waals surface area contributed by atoms with Crippen molar-refractivity contribution in [2.24, 2.45) is 11.7 Å². The lowest BCUT2D eigenvalue weighted by Gasteiger charge is -2.28. The second kappa shape index (κ2) is 5.74. The summed E-state index contributed by atoms with van der Waals surface area (Å²) in [6, 6.07) is 2.39. The van der Waals surface area contributed by atoms with E-state index in [9.17, 15) is 13.2 Å². The van der Waals surface area contributed by atoms with Crippen molar-refractivity contribution >= 4 is 0 Å². The highest BCUT2D eigenvalue weighted by molar-refractivity contribution is 5.24. The van der Waals surface area contributed by atoms with Crippen molar-refractivity contribution in [3.63, 3.8) is 0 Å². The highest BCUT2D eigenvalue weighted by Gasteiger charge is 2.25. The van der Waals surface area contributed by atoms with Gasteiger partial charge in [0.15, 0.2) is 17.5 Å². The summed E-state index contributed by atoms with van der Waals surface area (Å²) in [5, 5.41) is 0. The van der Waals surface area contributed by atoms with E-state index in [-0.39, 0.29) is 5.92 Å². The molecule has 1 saturated carbocycles. The van der Waals surface area contributed by atoms with Crippen LogP contribution in [0.15, 0.2) is 12.1 Å². The van der Waals surface area contributed by atoms with E-state index in [0.29, 0.717) is 18.0 Å². The van der Waals surface area contributed by atoms with Crippen LogP contribution in [0.1, 0.15) is 43.6 Å². The third-order valence-electron chi connectivity index (χ3n) is 3.93. The maximum Gasteiger partial charge on any atom is 0.194 e. The number of nitrogens with two attached hydrogens (primary N) is 1. The van der Waals surface area contributed by atoms with Gasteiger partial charge in [0.25, 0.3) is 0 Å². The first kappa shape index (κ1) is 13.4. The van der Waals surface area contributed by atoms with Crippen molar-refractivity contribution in [3.05, 3.63) is 35.1 Å². The lowest BCUT2D eigenvalue weighted by atomic mass is 9.77. The molecule has 0 radical (unpaired) electrons. The Balaban J connectivity index is 2.08. The second-order valence-corrected chi connectivity index (χ2v) is 5.06. The average Bonchev–Trinajstić information content (AvgIpc) is 2.38. The van der Waals surface area contributed by atoms with E-state index in [1.807, 2.05) is 0 Å². The lowest BCUT2D eigenvalue weighted by Crippen LogP contribution is -2.17. The van der Waals surface area contributed by atoms with Crippen LogP contribution in [0, 0.1) is 23.4 Å². The molecule has 1 aliphatic carbocycles. The number of benzene rings is 1. The molecule has 1 aliphatic rings. The molecular weight excluding hydrogens is 239 g/mol. The molecular formula is C14H18F3N. The summed E-state index contributed by atoms with van der Waals surface area (Å²) in [7, 11) is 0. The summed E-state index contributed by atoms with van der Waals surface area (Å²) in [6.45, 7) is 0.675. The molecule has 0 spiro atoms. The molecule has 0 unspecified atom stereocenters. The molecule has 1 nitrogen and oxygen atoms in total. The fraction of sp³-hybridized carbons (Fsp3) is 0.571. The molecule has 0 aliphatic heterocycles. The van der Waals surface area contributed by atoms with Gasteiger partial charge in [0.1, 0.15) is 0 Å². The zero-order valence-corrected chi connectivity index (χ0v) is 10.3. The van der Waals surface area contributed by atoms with Crippen LogP contribution in [-0.2, 0) is 0 Å². The molecule has 1 aromatic carbocycles. The van der Waals surface area contributed by atoms with Gasteiger partial charge >= 0.3 is 0 Å². The van der Waals surface area contributed by atoms with Gasteiger partial charge in [0, 0.05) is 0 Å². The van der Waals surface area contributed by atoms with Crippen LogP contribution in [0.5, 0.6) is 0 Å². The Morgan fingerprint density at radius 2 is 1.67 bits per heavy atom. The summed E-state index contributed by atoms with van der Waals surface area (Å²) >= 11 is 0. The minimum absolute atomic E-state index is 0.00845. The third-order valence-corrected chi connectivity index (χ3v) is 3.93. The Kier molecular flexibility index (Phi) is 4.27. The van der Waals surface area contributed by atoms with Gasteiger partial charge in [0.2, 0.25) is 0 Å². The molecule has 18 heavy (non-hydrogen) atoms. The highest BCUT2D eigenvalue weighted by atomic mass is 19.2. The standard InChI is InChI=1S/C14H18F3N/c15-12-6-5-11(13(16)14(12)17)10-3-1-9(2-4-10)7-8-18/h5-6,9-10H,1-4,7-8,18H2. The van der Waals surface area contributed by atoms with Gasteiger partial charge < -0.3 is 5.73 Å². The summed E-state index contributed by atoms with van der Waals surface area (Å²) in [4.78, 5) is 0. The maximum absolute atomic E-state index is 13.7. The minimum Gasteiger partial charge on any atom is -0.330 e. The Bertz CT molecular complexity index is 412. The van der Waals surface area contributed by atoms with E-state index in [1.54, 1.807) is 0 Å². The molecule has 0 bridgehead atoms. The van der Waals surface area contributed by atoms with Crippen LogP contribution in [0.25, 0.3) is 0 Å². The Morgan fingerprint density at radius 1 is 1.00 bits per heavy atom. The van der Waals surface area contributed by atoms with E-state index < -0.39 is 17.5 Å². The molecule has 0 amide bonds. The molecule has 2 rings (SSSR count). The van der Waals surface area contributed by atoms with Gasteiger partial charge in [-0.1, -0.05) is 6.07 Å². The molecule has 0 aromatic heterocycles. The van der Waals surface area contributed by atoms with E-state index >= 15 is 0 Å². The number of rotatable bonds is 3. The van der Waals surface area contributed by atoms with Crippen LogP contribution < -0.4 is 5.73 Å². The van der Waals surface area contributed by atoms with Crippen LogP contribution in [0.4, 0.5) is 13.2 Å². The molecule has 1 aromatic rings. The maximum atomic E-state index is 13.7. The first-order valence-corrected chi connectivity index (χ1v) is 6.47. The molecule has 0 saturated heterocycles. The van der Waals surface area contributed by atoms with Crippen LogP contribution in [0.2, 0.25) is 0 Å². The predicted octanol–water partition coefficient (Wildman–Crippen LogP) is 3.73. The van der Waals surface area contributed by atoms with Crippen molar-refractivity contribution in [1.29, 1.82) is 0 Å². The largest absolute Gasteiger partial charge is 0.330 e. The molecule has 1 fully saturated rings. The topological polar surface area (TPSA) is 26.0 Å². The quantitative estimate of drug-likeness (QED) is 0.820. The predicted molar refractivity (Wildman–Crippen MR) is 64.7 cm³/mol. The van der Waals surface area contributed by atoms with Gasteiger partial charge in [-0.2, -0.15) is 0 Å². The fourth-order valence-corrected chi connectivity index (χ4v) is 2.85. The minimum atomic E-state index is -1.35. The number of hydrogen-bond donors (Lipinski definition) is 1. The molecule has 4 heteroatoms. The van der Waals surface area contributed by atoms with Crippen molar-refractivity contribution in [2.45, 2.75) is 38.0 Å². The fourth-order valence-electron chi connectivity index (χ4n) is 2.85. The number of halogens is 3. The van der Waals surface area contributed by atoms with Crippen LogP contribution in [-0.4, -0.2) is 6.54 Å². The normalized spacial score (nSPS) is 24.2. The molecule has 0 atom stereocenters. The summed E-state index contributed by atoms with van der Waals surface area (Å²) < 4.78 is 39.7. The first-order chi connectivity index (χ1) is 8.63. The van der Waals surface area contributed by atoms with Gasteiger partial charge in [-0.15, -0.1) is 0 Å². The first-order valence-electron chi connectivity index (χ1n) is 6.47. The van der Waals surface area contributed by atoms with Crippen LogP contribution in [0.3, 0.4) is 0 Å². The zero-order valence-electron chi connectivity index (χ0n) is 10.3. The Labute approximate surface area is 105 Å². The summed E-state index contributed by atoms with van der Waals surface area (Å²) in [5.74, 6) is -2.88. The van der Waals surface area contributed by atoms with Crippen LogP contribution >= 0.6 is 0 Å². The Hall–Kier alpha value is -1.03. The van der Waals surface area contributed by atoms with E-state index in [2.05, 4.69) is 0 Å². The smallest absolute Gasteiger partial charge is 0.194 e. The van der Waals surface area contributed by atoms with Crippen molar-refractivity contribution < 1.29 is 13.2 Å². The molecule has 0 heterocycles. The second-order valence-electron chi connectivity index (χ2n) is 5.06. The van der Waals surface area contributed by atoms with Crippen molar-refractivity contribution in [1.82, 2.24) is 0 Å². The zero-order chi connectivity index (χ0) is 13.1. The Morgan fingerprint density at radius 3 is 2.28 bits per heavy atom. The van der Waals surface area contributed by atoms with Gasteiger partial charge in [-0.3, -0.25) is 0 Å². The number of hydrogen-bond acceptors (Lipinski definition) is 1. The van der Waals surface area contributed by atoms with E-state index in [1.165, 1.54) is 6.07 Å². The highest BCUT2D eigenvalue weighted by Crippen LogP contribution is 2.38. The van der Waals surface area contributed by atoms with E-state index in [0.717, 1.165) is 38.2 Å².